The highest BCUT2D eigenvalue weighted by Gasteiger charge is 2.28. The van der Waals surface area contributed by atoms with Crippen molar-refractivity contribution in [2.75, 3.05) is 32.1 Å². The first-order valence-electron chi connectivity index (χ1n) is 7.79. The average molecular weight is 341 g/mol. The fraction of sp³-hybridized carbons (Fsp3) is 0.625. The number of hydrogen-bond acceptors (Lipinski definition) is 5. The van der Waals surface area contributed by atoms with Gasteiger partial charge in [-0.15, -0.1) is 11.3 Å². The first-order valence-corrected chi connectivity index (χ1v) is 8.60. The quantitative estimate of drug-likeness (QED) is 0.794. The zero-order valence-corrected chi connectivity index (χ0v) is 15.1. The predicted octanol–water partition coefficient (Wildman–Crippen LogP) is 0.782. The van der Waals surface area contributed by atoms with Gasteiger partial charge in [0.2, 0.25) is 0 Å². The third-order valence-electron chi connectivity index (χ3n) is 4.06. The van der Waals surface area contributed by atoms with Crippen LogP contribution in [-0.2, 0) is 14.3 Å². The van der Waals surface area contributed by atoms with E-state index in [4.69, 9.17) is 9.47 Å². The topological polar surface area (TPSA) is 69.1 Å². The number of aryl methyl sites for hydroxylation is 1. The lowest BCUT2D eigenvalue weighted by Gasteiger charge is -2.31. The molecule has 1 aromatic heterocycles. The summed E-state index contributed by atoms with van der Waals surface area (Å²) in [7, 11) is 1.35. The monoisotopic (exact) mass is 341 g/mol. The summed E-state index contributed by atoms with van der Waals surface area (Å²) in [6, 6.07) is 0. The number of hydrogen-bond donors (Lipinski definition) is 2. The van der Waals surface area contributed by atoms with Crippen LogP contribution in [0.25, 0.3) is 0 Å². The molecule has 2 heterocycles. The van der Waals surface area contributed by atoms with Crippen LogP contribution in [-0.4, -0.2) is 50.8 Å². The van der Waals surface area contributed by atoms with Crippen LogP contribution in [0.2, 0.25) is 0 Å². The Morgan fingerprint density at radius 3 is 2.48 bits per heavy atom. The maximum atomic E-state index is 12.4. The molecule has 6 nitrogen and oxygen atoms in total. The second-order valence-electron chi connectivity index (χ2n) is 6.12. The summed E-state index contributed by atoms with van der Waals surface area (Å²) in [4.78, 5) is 26.5. The number of amides is 1. The van der Waals surface area contributed by atoms with Crippen molar-refractivity contribution < 1.29 is 24.0 Å². The second-order valence-corrected chi connectivity index (χ2v) is 7.34. The number of rotatable bonds is 4. The van der Waals surface area contributed by atoms with Gasteiger partial charge in [-0.1, -0.05) is 0 Å². The molecule has 0 unspecified atom stereocenters. The molecule has 128 valence electrons. The third-order valence-corrected chi connectivity index (χ3v) is 5.18. The molecule has 2 N–H and O–H groups in total. The summed E-state index contributed by atoms with van der Waals surface area (Å²) in [6.07, 6.45) is 0.303. The normalized spacial score (nSPS) is 24.3. The van der Waals surface area contributed by atoms with Crippen molar-refractivity contribution in [1.82, 2.24) is 0 Å². The van der Waals surface area contributed by atoms with Crippen molar-refractivity contribution >= 4 is 28.2 Å². The molecule has 1 aliphatic rings. The van der Waals surface area contributed by atoms with Gasteiger partial charge in [0.25, 0.3) is 5.91 Å². The first kappa shape index (κ1) is 17.9. The summed E-state index contributed by atoms with van der Waals surface area (Å²) in [6.45, 7) is 9.83. The standard InChI is InChI=1S/C16H24N2O4S/c1-9-6-18(7-10(2)22-9)8-13(19)17-15-14(16(20)21-5)11(3)12(4)23-15/h9-10H,6-8H2,1-5H3,(H,17,19)/p+1/t9-,10-/m1/s1. The Hall–Kier alpha value is -1.44. The summed E-state index contributed by atoms with van der Waals surface area (Å²) in [5.74, 6) is -0.504. The molecule has 2 atom stereocenters. The van der Waals surface area contributed by atoms with E-state index in [-0.39, 0.29) is 18.1 Å². The van der Waals surface area contributed by atoms with E-state index in [0.29, 0.717) is 17.1 Å². The van der Waals surface area contributed by atoms with Gasteiger partial charge in [0.05, 0.1) is 12.7 Å². The van der Waals surface area contributed by atoms with Crippen LogP contribution in [0.1, 0.15) is 34.6 Å². The number of carbonyl (C=O) groups is 2. The van der Waals surface area contributed by atoms with E-state index in [0.717, 1.165) is 23.5 Å². The van der Waals surface area contributed by atoms with Crippen molar-refractivity contribution in [3.63, 3.8) is 0 Å². The molecule has 0 radical (unpaired) electrons. The Balaban J connectivity index is 2.06. The van der Waals surface area contributed by atoms with Gasteiger partial charge < -0.3 is 19.7 Å². The fourth-order valence-corrected chi connectivity index (χ4v) is 4.06. The minimum atomic E-state index is -0.414. The fourth-order valence-electron chi connectivity index (χ4n) is 2.99. The summed E-state index contributed by atoms with van der Waals surface area (Å²) < 4.78 is 10.5. The first-order chi connectivity index (χ1) is 10.8. The van der Waals surface area contributed by atoms with Crippen LogP contribution in [0.4, 0.5) is 5.00 Å². The molecule has 23 heavy (non-hydrogen) atoms. The van der Waals surface area contributed by atoms with Crippen LogP contribution < -0.4 is 10.2 Å². The zero-order valence-electron chi connectivity index (χ0n) is 14.3. The molecule has 0 aliphatic carbocycles. The van der Waals surface area contributed by atoms with Gasteiger partial charge in [0.1, 0.15) is 30.3 Å². The van der Waals surface area contributed by atoms with Crippen LogP contribution in [0, 0.1) is 13.8 Å². The van der Waals surface area contributed by atoms with Crippen LogP contribution in [0.3, 0.4) is 0 Å². The highest BCUT2D eigenvalue weighted by molar-refractivity contribution is 7.16. The van der Waals surface area contributed by atoms with Crippen molar-refractivity contribution in [2.45, 2.75) is 39.9 Å². The molecular formula is C16H25N2O4S+. The van der Waals surface area contributed by atoms with Crippen molar-refractivity contribution in [3.05, 3.63) is 16.0 Å². The highest BCUT2D eigenvalue weighted by Crippen LogP contribution is 2.32. The number of carbonyl (C=O) groups excluding carboxylic acids is 2. The molecule has 1 saturated heterocycles. The number of esters is 1. The Labute approximate surface area is 140 Å². The van der Waals surface area contributed by atoms with Gasteiger partial charge in [-0.25, -0.2) is 4.79 Å². The zero-order chi connectivity index (χ0) is 17.1. The maximum Gasteiger partial charge on any atom is 0.341 e. The molecule has 1 aliphatic heterocycles. The van der Waals surface area contributed by atoms with Gasteiger partial charge in [0.15, 0.2) is 6.54 Å². The Bertz CT molecular complexity index is 589. The third kappa shape index (κ3) is 4.31. The molecule has 1 aromatic rings. The number of morpholine rings is 1. The van der Waals surface area contributed by atoms with E-state index in [1.165, 1.54) is 23.3 Å². The Morgan fingerprint density at radius 2 is 1.91 bits per heavy atom. The van der Waals surface area contributed by atoms with Gasteiger partial charge in [0, 0.05) is 4.88 Å². The smallest absolute Gasteiger partial charge is 0.341 e. The minimum Gasteiger partial charge on any atom is -0.465 e. The largest absolute Gasteiger partial charge is 0.465 e. The van der Waals surface area contributed by atoms with E-state index in [2.05, 4.69) is 5.32 Å². The molecule has 1 amide bonds. The van der Waals surface area contributed by atoms with E-state index < -0.39 is 5.97 Å². The number of quaternary nitrogens is 1. The SMILES string of the molecule is COC(=O)c1c(NC(=O)C[NH+]2C[C@@H](C)O[C@H](C)C2)sc(C)c1C. The molecule has 7 heteroatoms. The van der Waals surface area contributed by atoms with E-state index >= 15 is 0 Å². The van der Waals surface area contributed by atoms with E-state index in [9.17, 15) is 9.59 Å². The number of anilines is 1. The maximum absolute atomic E-state index is 12.4. The van der Waals surface area contributed by atoms with Crippen molar-refractivity contribution in [1.29, 1.82) is 0 Å². The lowest BCUT2D eigenvalue weighted by Crippen LogP contribution is -3.16. The lowest BCUT2D eigenvalue weighted by molar-refractivity contribution is -0.907. The number of thiophene rings is 1. The van der Waals surface area contributed by atoms with Crippen LogP contribution >= 0.6 is 11.3 Å². The molecule has 0 bridgehead atoms. The Kier molecular flexibility index (Phi) is 5.78. The van der Waals surface area contributed by atoms with Gasteiger partial charge >= 0.3 is 5.97 Å². The minimum absolute atomic E-state index is 0.0901. The van der Waals surface area contributed by atoms with Crippen LogP contribution in [0.5, 0.6) is 0 Å². The molecule has 1 fully saturated rings. The van der Waals surface area contributed by atoms with Crippen LogP contribution in [0.15, 0.2) is 0 Å². The molecule has 0 saturated carbocycles. The summed E-state index contributed by atoms with van der Waals surface area (Å²) in [5, 5.41) is 3.46. The van der Waals surface area contributed by atoms with Gasteiger partial charge in [-0.05, 0) is 33.3 Å². The van der Waals surface area contributed by atoms with Gasteiger partial charge in [-0.2, -0.15) is 0 Å². The molecule has 2 rings (SSSR count). The number of nitrogens with one attached hydrogen (secondary N) is 2. The predicted molar refractivity (Wildman–Crippen MR) is 89.3 cm³/mol. The average Bonchev–Trinajstić information content (AvgIpc) is 2.71. The molecule has 0 aromatic carbocycles. The van der Waals surface area contributed by atoms with Gasteiger partial charge in [-0.3, -0.25) is 4.79 Å². The second kappa shape index (κ2) is 7.42. The molecular weight excluding hydrogens is 316 g/mol. The molecule has 0 spiro atoms. The van der Waals surface area contributed by atoms with E-state index in [1.807, 2.05) is 27.7 Å². The number of ether oxygens (including phenoxy) is 2. The summed E-state index contributed by atoms with van der Waals surface area (Å²) in [5.41, 5.74) is 1.32. The summed E-state index contributed by atoms with van der Waals surface area (Å²) >= 11 is 1.41. The Morgan fingerprint density at radius 1 is 1.30 bits per heavy atom. The van der Waals surface area contributed by atoms with Crippen molar-refractivity contribution in [2.24, 2.45) is 0 Å². The van der Waals surface area contributed by atoms with E-state index in [1.54, 1.807) is 0 Å². The lowest BCUT2D eigenvalue weighted by atomic mass is 10.1. The number of methoxy groups -OCH3 is 1. The highest BCUT2D eigenvalue weighted by atomic mass is 32.1. The van der Waals surface area contributed by atoms with Crippen molar-refractivity contribution in [3.8, 4) is 0 Å².